The zero-order valence-corrected chi connectivity index (χ0v) is 15.7. The molecule has 0 saturated heterocycles. The van der Waals surface area contributed by atoms with E-state index in [-0.39, 0.29) is 18.5 Å². The summed E-state index contributed by atoms with van der Waals surface area (Å²) in [6.45, 7) is 1.91. The number of anilines is 1. The van der Waals surface area contributed by atoms with E-state index < -0.39 is 10.0 Å². The number of carbonyl (C=O) groups excluding carboxylic acids is 1. The molecule has 0 heterocycles. The van der Waals surface area contributed by atoms with Crippen molar-refractivity contribution < 1.29 is 13.2 Å². The van der Waals surface area contributed by atoms with Crippen molar-refractivity contribution in [2.24, 2.45) is 0 Å². The molecule has 5 nitrogen and oxygen atoms in total. The third-order valence-electron chi connectivity index (χ3n) is 4.83. The molecule has 1 aliphatic carbocycles. The predicted octanol–water partition coefficient (Wildman–Crippen LogP) is 2.81. The number of aryl methyl sites for hydroxylation is 1. The molecule has 0 unspecified atom stereocenters. The lowest BCUT2D eigenvalue weighted by molar-refractivity contribution is -0.130. The Hall–Kier alpha value is -1.56. The maximum absolute atomic E-state index is 12.6. The molecule has 1 aromatic rings. The Morgan fingerprint density at radius 1 is 1.12 bits per heavy atom. The van der Waals surface area contributed by atoms with E-state index in [1.54, 1.807) is 24.1 Å². The Balaban J connectivity index is 2.14. The molecule has 0 N–H and O–H groups in total. The summed E-state index contributed by atoms with van der Waals surface area (Å²) >= 11 is 0. The van der Waals surface area contributed by atoms with Crippen LogP contribution in [0.2, 0.25) is 0 Å². The van der Waals surface area contributed by atoms with Crippen LogP contribution in [0.25, 0.3) is 0 Å². The summed E-state index contributed by atoms with van der Waals surface area (Å²) in [5.41, 5.74) is 1.68. The summed E-state index contributed by atoms with van der Waals surface area (Å²) in [5.74, 6) is -0.146. The molecule has 0 atom stereocenters. The second-order valence-corrected chi connectivity index (χ2v) is 8.49. The SMILES string of the molecule is CCc1ccc(N(CC(=O)N(C)C2CCCCC2)S(C)(=O)=O)cc1. The molecule has 1 saturated carbocycles. The summed E-state index contributed by atoms with van der Waals surface area (Å²) in [6, 6.07) is 7.59. The van der Waals surface area contributed by atoms with Gasteiger partial charge in [-0.15, -0.1) is 0 Å². The molecule has 0 spiro atoms. The van der Waals surface area contributed by atoms with Crippen molar-refractivity contribution in [3.63, 3.8) is 0 Å². The Morgan fingerprint density at radius 3 is 2.21 bits per heavy atom. The normalized spacial score (nSPS) is 16.0. The zero-order chi connectivity index (χ0) is 17.7. The van der Waals surface area contributed by atoms with Crippen LogP contribution in [0, 0.1) is 0 Å². The van der Waals surface area contributed by atoms with Crippen LogP contribution < -0.4 is 4.31 Å². The Morgan fingerprint density at radius 2 is 1.71 bits per heavy atom. The first-order chi connectivity index (χ1) is 11.3. The van der Waals surface area contributed by atoms with Crippen molar-refractivity contribution in [1.29, 1.82) is 0 Å². The summed E-state index contributed by atoms with van der Waals surface area (Å²) in [5, 5.41) is 0. The van der Waals surface area contributed by atoms with E-state index in [1.165, 1.54) is 10.7 Å². The van der Waals surface area contributed by atoms with Gasteiger partial charge in [-0.3, -0.25) is 9.10 Å². The largest absolute Gasteiger partial charge is 0.341 e. The van der Waals surface area contributed by atoms with Gasteiger partial charge in [-0.1, -0.05) is 38.3 Å². The van der Waals surface area contributed by atoms with Gasteiger partial charge in [0.25, 0.3) is 0 Å². The highest BCUT2D eigenvalue weighted by Crippen LogP contribution is 2.23. The van der Waals surface area contributed by atoms with Gasteiger partial charge in [0.05, 0.1) is 11.9 Å². The van der Waals surface area contributed by atoms with Crippen LogP contribution in [-0.4, -0.2) is 45.1 Å². The van der Waals surface area contributed by atoms with Gasteiger partial charge in [-0.2, -0.15) is 0 Å². The van der Waals surface area contributed by atoms with Crippen LogP contribution >= 0.6 is 0 Å². The average molecular weight is 352 g/mol. The molecule has 1 aliphatic rings. The molecule has 0 aliphatic heterocycles. The van der Waals surface area contributed by atoms with Gasteiger partial charge in [-0.05, 0) is 37.0 Å². The minimum Gasteiger partial charge on any atom is -0.341 e. The number of likely N-dealkylation sites (N-methyl/N-ethyl adjacent to an activating group) is 1. The molecule has 1 amide bonds. The Bertz CT molecular complexity index is 649. The molecule has 24 heavy (non-hydrogen) atoms. The standard InChI is InChI=1S/C18H28N2O3S/c1-4-15-10-12-17(13-11-15)20(24(3,22)23)14-18(21)19(2)16-8-6-5-7-9-16/h10-13,16H,4-9,14H2,1-3H3. The van der Waals surface area contributed by atoms with E-state index >= 15 is 0 Å². The van der Waals surface area contributed by atoms with Crippen LogP contribution in [0.4, 0.5) is 5.69 Å². The second kappa shape index (κ2) is 8.01. The highest BCUT2D eigenvalue weighted by molar-refractivity contribution is 7.92. The van der Waals surface area contributed by atoms with Crippen molar-refractivity contribution in [2.75, 3.05) is 24.2 Å². The van der Waals surface area contributed by atoms with Crippen LogP contribution in [0.3, 0.4) is 0 Å². The average Bonchev–Trinajstić information content (AvgIpc) is 2.58. The van der Waals surface area contributed by atoms with E-state index in [2.05, 4.69) is 0 Å². The first-order valence-corrected chi connectivity index (χ1v) is 10.5. The highest BCUT2D eigenvalue weighted by Gasteiger charge is 2.26. The van der Waals surface area contributed by atoms with Crippen molar-refractivity contribution in [2.45, 2.75) is 51.5 Å². The Labute approximate surface area is 145 Å². The summed E-state index contributed by atoms with van der Waals surface area (Å²) < 4.78 is 25.6. The fourth-order valence-electron chi connectivity index (χ4n) is 3.20. The monoisotopic (exact) mass is 352 g/mol. The molecular formula is C18H28N2O3S. The number of nitrogens with zero attached hydrogens (tertiary/aromatic N) is 2. The third-order valence-corrected chi connectivity index (χ3v) is 5.97. The molecule has 134 valence electrons. The van der Waals surface area contributed by atoms with E-state index in [1.807, 2.05) is 19.1 Å². The predicted molar refractivity (Wildman–Crippen MR) is 97.7 cm³/mol. The van der Waals surface area contributed by atoms with E-state index in [9.17, 15) is 13.2 Å². The molecular weight excluding hydrogens is 324 g/mol. The molecule has 6 heteroatoms. The maximum atomic E-state index is 12.6. The van der Waals surface area contributed by atoms with Gasteiger partial charge in [-0.25, -0.2) is 8.42 Å². The van der Waals surface area contributed by atoms with Crippen LogP contribution in [0.1, 0.15) is 44.6 Å². The number of hydrogen-bond donors (Lipinski definition) is 0. The van der Waals surface area contributed by atoms with Gasteiger partial charge in [0.2, 0.25) is 15.9 Å². The number of benzene rings is 1. The number of rotatable bonds is 6. The molecule has 0 aromatic heterocycles. The van der Waals surface area contributed by atoms with Gasteiger partial charge in [0.15, 0.2) is 0 Å². The smallest absolute Gasteiger partial charge is 0.243 e. The summed E-state index contributed by atoms with van der Waals surface area (Å²) in [7, 11) is -1.72. The summed E-state index contributed by atoms with van der Waals surface area (Å²) in [6.07, 6.45) is 7.54. The number of carbonyl (C=O) groups is 1. The molecule has 0 radical (unpaired) electrons. The topological polar surface area (TPSA) is 57.7 Å². The van der Waals surface area contributed by atoms with Crippen molar-refractivity contribution in [3.8, 4) is 0 Å². The Kier molecular flexibility index (Phi) is 6.27. The van der Waals surface area contributed by atoms with Crippen LogP contribution in [0.15, 0.2) is 24.3 Å². The lowest BCUT2D eigenvalue weighted by Gasteiger charge is -2.33. The first kappa shape index (κ1) is 18.8. The third kappa shape index (κ3) is 4.72. The van der Waals surface area contributed by atoms with E-state index in [0.717, 1.165) is 43.9 Å². The summed E-state index contributed by atoms with van der Waals surface area (Å²) in [4.78, 5) is 14.3. The highest BCUT2D eigenvalue weighted by atomic mass is 32.2. The molecule has 0 bridgehead atoms. The fourth-order valence-corrected chi connectivity index (χ4v) is 4.05. The molecule has 1 aromatic carbocycles. The van der Waals surface area contributed by atoms with Crippen molar-refractivity contribution in [1.82, 2.24) is 4.90 Å². The number of hydrogen-bond acceptors (Lipinski definition) is 3. The maximum Gasteiger partial charge on any atom is 0.243 e. The number of sulfonamides is 1. The lowest BCUT2D eigenvalue weighted by Crippen LogP contribution is -2.45. The van der Waals surface area contributed by atoms with E-state index in [4.69, 9.17) is 0 Å². The minimum absolute atomic E-state index is 0.142. The van der Waals surface area contributed by atoms with Gasteiger partial charge < -0.3 is 4.90 Å². The van der Waals surface area contributed by atoms with Gasteiger partial charge >= 0.3 is 0 Å². The van der Waals surface area contributed by atoms with E-state index in [0.29, 0.717) is 5.69 Å². The van der Waals surface area contributed by atoms with Crippen molar-refractivity contribution >= 4 is 21.6 Å². The van der Waals surface area contributed by atoms with Gasteiger partial charge in [0, 0.05) is 13.1 Å². The van der Waals surface area contributed by atoms with Gasteiger partial charge in [0.1, 0.15) is 6.54 Å². The van der Waals surface area contributed by atoms with Crippen LogP contribution in [-0.2, 0) is 21.2 Å². The molecule has 1 fully saturated rings. The van der Waals surface area contributed by atoms with Crippen LogP contribution in [0.5, 0.6) is 0 Å². The van der Waals surface area contributed by atoms with Crippen molar-refractivity contribution in [3.05, 3.63) is 29.8 Å². The quantitative estimate of drug-likeness (QED) is 0.791. The molecule has 2 rings (SSSR count). The first-order valence-electron chi connectivity index (χ1n) is 8.65. The number of amides is 1. The second-order valence-electron chi connectivity index (χ2n) is 6.59. The zero-order valence-electron chi connectivity index (χ0n) is 14.9. The fraction of sp³-hybridized carbons (Fsp3) is 0.611. The minimum atomic E-state index is -3.51. The lowest BCUT2D eigenvalue weighted by atomic mass is 9.94.